The first kappa shape index (κ1) is 18.7. The first-order chi connectivity index (χ1) is 14.1. The molecule has 3 aromatic rings. The highest BCUT2D eigenvalue weighted by atomic mass is 16.2. The Labute approximate surface area is 169 Å². The fraction of sp³-hybridized carbons (Fsp3) is 0.227. The fourth-order valence-electron chi connectivity index (χ4n) is 3.42. The van der Waals surface area contributed by atoms with Gasteiger partial charge in [-0.25, -0.2) is 4.79 Å². The molecule has 1 aliphatic heterocycles. The van der Waals surface area contributed by atoms with Gasteiger partial charge in [0, 0.05) is 25.0 Å². The average molecular weight is 389 g/mol. The Morgan fingerprint density at radius 2 is 1.90 bits per heavy atom. The molecule has 1 atom stereocenters. The predicted octanol–water partition coefficient (Wildman–Crippen LogP) is 3.31. The number of anilines is 1. The minimum Gasteiger partial charge on any atom is -0.336 e. The molecule has 148 valence electrons. The Morgan fingerprint density at radius 3 is 2.59 bits per heavy atom. The Hall–Kier alpha value is -3.61. The minimum absolute atomic E-state index is 0.0460. The normalized spacial score (nSPS) is 16.1. The van der Waals surface area contributed by atoms with Crippen molar-refractivity contribution < 1.29 is 9.59 Å². The SMILES string of the molecule is Cc1ccc(CN2CC[C@H](NC(=O)Nc3ccc(-c4ccn[nH]4)cc3)C2=O)cc1. The highest BCUT2D eigenvalue weighted by Gasteiger charge is 2.32. The molecule has 0 spiro atoms. The molecule has 3 amide bonds. The van der Waals surface area contributed by atoms with Gasteiger partial charge in [0.25, 0.3) is 0 Å². The van der Waals surface area contributed by atoms with Crippen LogP contribution in [0.2, 0.25) is 0 Å². The van der Waals surface area contributed by atoms with Crippen LogP contribution in [0.25, 0.3) is 11.3 Å². The van der Waals surface area contributed by atoms with Crippen LogP contribution in [0.3, 0.4) is 0 Å². The van der Waals surface area contributed by atoms with Gasteiger partial charge in [0.2, 0.25) is 5.91 Å². The van der Waals surface area contributed by atoms with Crippen LogP contribution >= 0.6 is 0 Å². The number of aromatic amines is 1. The third-order valence-corrected chi connectivity index (χ3v) is 5.05. The van der Waals surface area contributed by atoms with Gasteiger partial charge in [0.05, 0.1) is 5.69 Å². The van der Waals surface area contributed by atoms with Gasteiger partial charge in [0.1, 0.15) is 6.04 Å². The summed E-state index contributed by atoms with van der Waals surface area (Å²) in [7, 11) is 0. The molecule has 29 heavy (non-hydrogen) atoms. The zero-order valence-corrected chi connectivity index (χ0v) is 16.2. The second kappa shape index (κ2) is 8.18. The Balaban J connectivity index is 1.30. The van der Waals surface area contributed by atoms with E-state index in [0.29, 0.717) is 25.2 Å². The summed E-state index contributed by atoms with van der Waals surface area (Å²) in [6.07, 6.45) is 2.30. The number of aromatic nitrogens is 2. The van der Waals surface area contributed by atoms with Gasteiger partial charge in [-0.1, -0.05) is 42.0 Å². The lowest BCUT2D eigenvalue weighted by Crippen LogP contribution is -2.43. The molecule has 1 aliphatic rings. The monoisotopic (exact) mass is 389 g/mol. The standard InChI is InChI=1S/C22H23N5O2/c1-15-2-4-16(5-3-15)14-27-13-11-20(21(27)28)25-22(29)24-18-8-6-17(7-9-18)19-10-12-23-26-19/h2-10,12,20H,11,13-14H2,1H3,(H,23,26)(H2,24,25,29)/t20-/m0/s1. The summed E-state index contributed by atoms with van der Waals surface area (Å²) in [6.45, 7) is 3.23. The number of amides is 3. The van der Waals surface area contributed by atoms with Crippen LogP contribution in [0.4, 0.5) is 10.5 Å². The molecule has 1 saturated heterocycles. The van der Waals surface area contributed by atoms with Gasteiger partial charge in [-0.3, -0.25) is 9.89 Å². The lowest BCUT2D eigenvalue weighted by Gasteiger charge is -2.17. The lowest BCUT2D eigenvalue weighted by molar-refractivity contribution is -0.129. The summed E-state index contributed by atoms with van der Waals surface area (Å²) < 4.78 is 0. The molecule has 4 rings (SSSR count). The number of nitrogens with zero attached hydrogens (tertiary/aromatic N) is 2. The molecule has 7 nitrogen and oxygen atoms in total. The van der Waals surface area contributed by atoms with Crippen LogP contribution in [-0.4, -0.2) is 39.6 Å². The first-order valence-corrected chi connectivity index (χ1v) is 9.60. The Kier molecular flexibility index (Phi) is 5.29. The number of carbonyl (C=O) groups is 2. The second-order valence-electron chi connectivity index (χ2n) is 7.23. The quantitative estimate of drug-likeness (QED) is 0.625. The number of aryl methyl sites for hydroxylation is 1. The van der Waals surface area contributed by atoms with E-state index in [9.17, 15) is 9.59 Å². The molecule has 0 bridgehead atoms. The zero-order chi connectivity index (χ0) is 20.2. The van der Waals surface area contributed by atoms with E-state index in [1.807, 2.05) is 61.5 Å². The van der Waals surface area contributed by atoms with Crippen molar-refractivity contribution in [2.75, 3.05) is 11.9 Å². The Morgan fingerprint density at radius 1 is 1.14 bits per heavy atom. The number of rotatable bonds is 5. The third-order valence-electron chi connectivity index (χ3n) is 5.05. The van der Waals surface area contributed by atoms with Gasteiger partial charge in [-0.2, -0.15) is 5.10 Å². The highest BCUT2D eigenvalue weighted by Crippen LogP contribution is 2.19. The molecule has 2 aromatic carbocycles. The number of hydrogen-bond acceptors (Lipinski definition) is 3. The molecule has 3 N–H and O–H groups in total. The van der Waals surface area contributed by atoms with Crippen molar-refractivity contribution in [2.24, 2.45) is 0 Å². The molecular weight excluding hydrogens is 366 g/mol. The van der Waals surface area contributed by atoms with E-state index in [0.717, 1.165) is 16.8 Å². The van der Waals surface area contributed by atoms with E-state index in [1.165, 1.54) is 5.56 Å². The van der Waals surface area contributed by atoms with Crippen molar-refractivity contribution >= 4 is 17.6 Å². The van der Waals surface area contributed by atoms with Crippen LogP contribution in [0.1, 0.15) is 17.5 Å². The third kappa shape index (κ3) is 4.45. The van der Waals surface area contributed by atoms with Crippen molar-refractivity contribution in [1.29, 1.82) is 0 Å². The zero-order valence-electron chi connectivity index (χ0n) is 16.2. The summed E-state index contributed by atoms with van der Waals surface area (Å²) in [5.74, 6) is -0.0460. The maximum absolute atomic E-state index is 12.6. The van der Waals surface area contributed by atoms with E-state index in [-0.39, 0.29) is 11.9 Å². The van der Waals surface area contributed by atoms with Gasteiger partial charge in [-0.05, 0) is 42.7 Å². The topological polar surface area (TPSA) is 90.1 Å². The summed E-state index contributed by atoms with van der Waals surface area (Å²) in [5, 5.41) is 12.4. The summed E-state index contributed by atoms with van der Waals surface area (Å²) in [4.78, 5) is 26.7. The van der Waals surface area contributed by atoms with Crippen molar-refractivity contribution in [3.05, 3.63) is 71.9 Å². The molecule has 1 aromatic heterocycles. The molecular formula is C22H23N5O2. The number of hydrogen-bond donors (Lipinski definition) is 3. The smallest absolute Gasteiger partial charge is 0.319 e. The largest absolute Gasteiger partial charge is 0.336 e. The average Bonchev–Trinajstić information content (AvgIpc) is 3.36. The van der Waals surface area contributed by atoms with E-state index >= 15 is 0 Å². The van der Waals surface area contributed by atoms with Gasteiger partial charge >= 0.3 is 6.03 Å². The highest BCUT2D eigenvalue weighted by molar-refractivity contribution is 5.94. The fourth-order valence-corrected chi connectivity index (χ4v) is 3.42. The lowest BCUT2D eigenvalue weighted by atomic mass is 10.1. The first-order valence-electron chi connectivity index (χ1n) is 9.60. The van der Waals surface area contributed by atoms with Crippen molar-refractivity contribution in [2.45, 2.75) is 25.9 Å². The maximum Gasteiger partial charge on any atom is 0.319 e. The number of urea groups is 1. The summed E-state index contributed by atoms with van der Waals surface area (Å²) in [5.41, 5.74) is 4.83. The summed E-state index contributed by atoms with van der Waals surface area (Å²) >= 11 is 0. The minimum atomic E-state index is -0.496. The predicted molar refractivity (Wildman–Crippen MR) is 111 cm³/mol. The molecule has 0 saturated carbocycles. The number of likely N-dealkylation sites (tertiary alicyclic amines) is 1. The Bertz CT molecular complexity index is 981. The van der Waals surface area contributed by atoms with Gasteiger partial charge in [0.15, 0.2) is 0 Å². The van der Waals surface area contributed by atoms with Crippen molar-refractivity contribution in [1.82, 2.24) is 20.4 Å². The van der Waals surface area contributed by atoms with Crippen LogP contribution in [0, 0.1) is 6.92 Å². The number of benzene rings is 2. The molecule has 1 fully saturated rings. The molecule has 2 heterocycles. The van der Waals surface area contributed by atoms with Gasteiger partial charge < -0.3 is 15.5 Å². The molecule has 0 unspecified atom stereocenters. The molecule has 7 heteroatoms. The maximum atomic E-state index is 12.6. The summed E-state index contributed by atoms with van der Waals surface area (Å²) in [6, 6.07) is 16.6. The van der Waals surface area contributed by atoms with Crippen LogP contribution in [-0.2, 0) is 11.3 Å². The van der Waals surface area contributed by atoms with E-state index in [4.69, 9.17) is 0 Å². The van der Waals surface area contributed by atoms with Crippen LogP contribution in [0.5, 0.6) is 0 Å². The molecule has 0 aliphatic carbocycles. The van der Waals surface area contributed by atoms with E-state index in [1.54, 1.807) is 11.1 Å². The van der Waals surface area contributed by atoms with Crippen molar-refractivity contribution in [3.63, 3.8) is 0 Å². The second-order valence-corrected chi connectivity index (χ2v) is 7.23. The van der Waals surface area contributed by atoms with Crippen LogP contribution < -0.4 is 10.6 Å². The van der Waals surface area contributed by atoms with Crippen molar-refractivity contribution in [3.8, 4) is 11.3 Å². The number of nitrogens with one attached hydrogen (secondary N) is 3. The number of H-pyrrole nitrogens is 1. The van der Waals surface area contributed by atoms with Gasteiger partial charge in [-0.15, -0.1) is 0 Å². The van der Waals surface area contributed by atoms with Crippen LogP contribution in [0.15, 0.2) is 60.8 Å². The molecule has 0 radical (unpaired) electrons. The van der Waals surface area contributed by atoms with E-state index < -0.39 is 6.04 Å². The van der Waals surface area contributed by atoms with E-state index in [2.05, 4.69) is 20.8 Å². The number of carbonyl (C=O) groups excluding carboxylic acids is 2.